The van der Waals surface area contributed by atoms with Crippen molar-refractivity contribution in [1.82, 2.24) is 15.6 Å². The first-order valence-electron chi connectivity index (χ1n) is 9.28. The number of hydrogen-bond acceptors (Lipinski definition) is 4. The molecule has 0 radical (unpaired) electrons. The van der Waals surface area contributed by atoms with E-state index in [0.29, 0.717) is 25.5 Å². The van der Waals surface area contributed by atoms with Gasteiger partial charge in [-0.3, -0.25) is 9.98 Å². The molecule has 0 spiro atoms. The molecule has 0 saturated carbocycles. The molecule has 2 aromatic rings. The van der Waals surface area contributed by atoms with Crippen molar-refractivity contribution in [3.05, 3.63) is 59.9 Å². The second kappa shape index (κ2) is 13.3. The summed E-state index contributed by atoms with van der Waals surface area (Å²) in [7, 11) is 0. The van der Waals surface area contributed by atoms with Crippen molar-refractivity contribution in [3.63, 3.8) is 0 Å². The van der Waals surface area contributed by atoms with Crippen LogP contribution in [0.2, 0.25) is 0 Å². The zero-order valence-corrected chi connectivity index (χ0v) is 18.9. The molecule has 0 bridgehead atoms. The number of ether oxygens (including phenoxy) is 1. The number of alkyl halides is 3. The van der Waals surface area contributed by atoms with Gasteiger partial charge in [0, 0.05) is 31.4 Å². The quantitative estimate of drug-likeness (QED) is 0.260. The summed E-state index contributed by atoms with van der Waals surface area (Å²) in [6, 6.07) is 10.2. The lowest BCUT2D eigenvalue weighted by Crippen LogP contribution is -2.39. The molecule has 6 nitrogen and oxygen atoms in total. The number of pyridine rings is 1. The zero-order chi connectivity index (χ0) is 21.1. The maximum atomic E-state index is 12.7. The third kappa shape index (κ3) is 9.61. The van der Waals surface area contributed by atoms with Crippen LogP contribution in [0.5, 0.6) is 5.75 Å². The SMILES string of the molecule is CCNC(=NCC(O)COc1cccc(C(F)(F)F)c1)NCCc1ccccn1.I. The summed E-state index contributed by atoms with van der Waals surface area (Å²) >= 11 is 0. The first-order valence-corrected chi connectivity index (χ1v) is 9.28. The van der Waals surface area contributed by atoms with Crippen LogP contribution < -0.4 is 15.4 Å². The maximum Gasteiger partial charge on any atom is 0.416 e. The molecule has 1 aromatic carbocycles. The van der Waals surface area contributed by atoms with Crippen molar-refractivity contribution in [2.45, 2.75) is 25.6 Å². The van der Waals surface area contributed by atoms with E-state index in [0.717, 1.165) is 17.8 Å². The van der Waals surface area contributed by atoms with Crippen LogP contribution in [0.1, 0.15) is 18.2 Å². The van der Waals surface area contributed by atoms with Gasteiger partial charge in [-0.15, -0.1) is 24.0 Å². The van der Waals surface area contributed by atoms with Crippen molar-refractivity contribution in [3.8, 4) is 5.75 Å². The first kappa shape index (κ1) is 26.0. The molecule has 30 heavy (non-hydrogen) atoms. The molecule has 0 fully saturated rings. The minimum Gasteiger partial charge on any atom is -0.491 e. The molecule has 0 saturated heterocycles. The highest BCUT2D eigenvalue weighted by molar-refractivity contribution is 14.0. The summed E-state index contributed by atoms with van der Waals surface area (Å²) in [6.07, 6.45) is -2.96. The Balaban J connectivity index is 0.00000450. The van der Waals surface area contributed by atoms with E-state index in [4.69, 9.17) is 4.74 Å². The Hall–Kier alpha value is -2.08. The van der Waals surface area contributed by atoms with E-state index in [1.165, 1.54) is 12.1 Å². The van der Waals surface area contributed by atoms with Gasteiger partial charge in [-0.25, -0.2) is 0 Å². The van der Waals surface area contributed by atoms with Gasteiger partial charge in [-0.1, -0.05) is 12.1 Å². The predicted molar refractivity (Wildman–Crippen MR) is 120 cm³/mol. The lowest BCUT2D eigenvalue weighted by atomic mass is 10.2. The Bertz CT molecular complexity index is 776. The number of aromatic nitrogens is 1. The summed E-state index contributed by atoms with van der Waals surface area (Å²) in [6.45, 7) is 3.05. The largest absolute Gasteiger partial charge is 0.491 e. The van der Waals surface area contributed by atoms with Crippen molar-refractivity contribution in [2.24, 2.45) is 4.99 Å². The molecule has 1 atom stereocenters. The van der Waals surface area contributed by atoms with E-state index in [9.17, 15) is 18.3 Å². The number of benzene rings is 1. The Morgan fingerprint density at radius 1 is 1.20 bits per heavy atom. The van der Waals surface area contributed by atoms with E-state index >= 15 is 0 Å². The van der Waals surface area contributed by atoms with Crippen LogP contribution in [0.25, 0.3) is 0 Å². The molecular formula is C20H26F3IN4O2. The number of nitrogens with zero attached hydrogens (tertiary/aromatic N) is 2. The van der Waals surface area contributed by atoms with Crippen LogP contribution in [-0.2, 0) is 12.6 Å². The highest BCUT2D eigenvalue weighted by atomic mass is 127. The molecule has 1 heterocycles. The van der Waals surface area contributed by atoms with Crippen molar-refractivity contribution in [2.75, 3.05) is 26.2 Å². The second-order valence-corrected chi connectivity index (χ2v) is 6.21. The molecular weight excluding hydrogens is 512 g/mol. The van der Waals surface area contributed by atoms with Crippen LogP contribution in [0.4, 0.5) is 13.2 Å². The van der Waals surface area contributed by atoms with Gasteiger partial charge in [0.25, 0.3) is 0 Å². The van der Waals surface area contributed by atoms with Crippen LogP contribution >= 0.6 is 24.0 Å². The van der Waals surface area contributed by atoms with E-state index in [1.807, 2.05) is 25.1 Å². The smallest absolute Gasteiger partial charge is 0.416 e. The number of aliphatic hydroxyl groups is 1. The van der Waals surface area contributed by atoms with E-state index in [-0.39, 0.29) is 42.9 Å². The highest BCUT2D eigenvalue weighted by Crippen LogP contribution is 2.31. The monoisotopic (exact) mass is 538 g/mol. The number of aliphatic hydroxyl groups excluding tert-OH is 1. The van der Waals surface area contributed by atoms with E-state index < -0.39 is 17.8 Å². The van der Waals surface area contributed by atoms with Crippen LogP contribution in [0.15, 0.2) is 53.7 Å². The van der Waals surface area contributed by atoms with Gasteiger partial charge >= 0.3 is 6.18 Å². The lowest BCUT2D eigenvalue weighted by molar-refractivity contribution is -0.137. The number of halogens is 4. The van der Waals surface area contributed by atoms with Crippen molar-refractivity contribution >= 4 is 29.9 Å². The fourth-order valence-corrected chi connectivity index (χ4v) is 2.40. The molecule has 3 N–H and O–H groups in total. The minimum absolute atomic E-state index is 0. The van der Waals surface area contributed by atoms with Gasteiger partial charge in [0.1, 0.15) is 18.5 Å². The number of rotatable bonds is 9. The topological polar surface area (TPSA) is 78.8 Å². The van der Waals surface area contributed by atoms with Crippen LogP contribution in [0, 0.1) is 0 Å². The van der Waals surface area contributed by atoms with E-state index in [2.05, 4.69) is 20.6 Å². The highest BCUT2D eigenvalue weighted by Gasteiger charge is 2.30. The lowest BCUT2D eigenvalue weighted by Gasteiger charge is -2.14. The Morgan fingerprint density at radius 2 is 2.00 bits per heavy atom. The van der Waals surface area contributed by atoms with E-state index in [1.54, 1.807) is 6.20 Å². The number of aliphatic imine (C=N–C) groups is 1. The summed E-state index contributed by atoms with van der Waals surface area (Å²) in [4.78, 5) is 8.52. The van der Waals surface area contributed by atoms with Gasteiger partial charge < -0.3 is 20.5 Å². The van der Waals surface area contributed by atoms with Gasteiger partial charge in [0.05, 0.1) is 12.1 Å². The normalized spacial score (nSPS) is 12.6. The van der Waals surface area contributed by atoms with Gasteiger partial charge in [0.15, 0.2) is 5.96 Å². The second-order valence-electron chi connectivity index (χ2n) is 6.21. The minimum atomic E-state index is -4.44. The number of hydrogen-bond donors (Lipinski definition) is 3. The maximum absolute atomic E-state index is 12.7. The summed E-state index contributed by atoms with van der Waals surface area (Å²) in [5.41, 5.74) is 0.152. The zero-order valence-electron chi connectivity index (χ0n) is 16.5. The molecule has 0 aliphatic carbocycles. The molecule has 0 aliphatic heterocycles. The Kier molecular flexibility index (Phi) is 11.5. The molecule has 0 aliphatic rings. The fourth-order valence-electron chi connectivity index (χ4n) is 2.40. The fraction of sp³-hybridized carbons (Fsp3) is 0.400. The van der Waals surface area contributed by atoms with Crippen LogP contribution in [0.3, 0.4) is 0 Å². The standard InChI is InChI=1S/C20H25F3N4O2.HI/c1-2-24-19(26-11-9-16-7-3-4-10-25-16)27-13-17(28)14-29-18-8-5-6-15(12-18)20(21,22)23;/h3-8,10,12,17,28H,2,9,11,13-14H2,1H3,(H2,24,26,27);1H. The molecule has 1 aromatic heterocycles. The predicted octanol–water partition coefficient (Wildman–Crippen LogP) is 3.26. The Labute approximate surface area is 191 Å². The number of guanidine groups is 1. The van der Waals surface area contributed by atoms with Gasteiger partial charge in [0.2, 0.25) is 0 Å². The molecule has 2 rings (SSSR count). The van der Waals surface area contributed by atoms with Gasteiger partial charge in [-0.05, 0) is 37.3 Å². The van der Waals surface area contributed by atoms with Crippen molar-refractivity contribution in [1.29, 1.82) is 0 Å². The van der Waals surface area contributed by atoms with Crippen molar-refractivity contribution < 1.29 is 23.0 Å². The summed E-state index contributed by atoms with van der Waals surface area (Å²) in [5.74, 6) is 0.574. The molecule has 0 amide bonds. The third-order valence-corrected chi connectivity index (χ3v) is 3.81. The third-order valence-electron chi connectivity index (χ3n) is 3.81. The number of nitrogens with one attached hydrogen (secondary N) is 2. The van der Waals surface area contributed by atoms with Gasteiger partial charge in [-0.2, -0.15) is 13.2 Å². The molecule has 166 valence electrons. The summed E-state index contributed by atoms with van der Waals surface area (Å²) in [5, 5.41) is 16.2. The molecule has 1 unspecified atom stereocenters. The first-order chi connectivity index (χ1) is 13.9. The molecule has 10 heteroatoms. The average Bonchev–Trinajstić information content (AvgIpc) is 2.71. The average molecular weight is 538 g/mol. The summed E-state index contributed by atoms with van der Waals surface area (Å²) < 4.78 is 43.4. The van der Waals surface area contributed by atoms with Crippen LogP contribution in [-0.4, -0.2) is 48.4 Å². The Morgan fingerprint density at radius 3 is 2.67 bits per heavy atom.